The van der Waals surface area contributed by atoms with Gasteiger partial charge in [0.05, 0.1) is 39.1 Å². The summed E-state index contributed by atoms with van der Waals surface area (Å²) >= 11 is 7.67. The van der Waals surface area contributed by atoms with Gasteiger partial charge in [-0.15, -0.1) is 11.3 Å². The smallest absolute Gasteiger partial charge is 0.340 e. The summed E-state index contributed by atoms with van der Waals surface area (Å²) in [5.41, 5.74) is 3.61. The molecule has 0 spiro atoms. The number of hydrogen-bond donors (Lipinski definition) is 1. The number of nitrogens with one attached hydrogen (secondary N) is 1. The molecule has 5 rings (SSSR count). The second-order valence-electron chi connectivity index (χ2n) is 10.0. The summed E-state index contributed by atoms with van der Waals surface area (Å²) in [7, 11) is 4.36. The molecule has 0 saturated carbocycles. The number of ether oxygens (including phenoxy) is 3. The van der Waals surface area contributed by atoms with Crippen LogP contribution in [0, 0.1) is 11.3 Å². The molecule has 9 nitrogen and oxygen atoms in total. The molecule has 0 fully saturated rings. The quantitative estimate of drug-likeness (QED) is 0.0907. The van der Waals surface area contributed by atoms with Gasteiger partial charge in [-0.05, 0) is 47.5 Å². The fourth-order valence-electron chi connectivity index (χ4n) is 4.79. The Morgan fingerprint density at radius 3 is 2.43 bits per heavy atom. The van der Waals surface area contributed by atoms with Crippen LogP contribution in [0.25, 0.3) is 17.3 Å². The molecule has 1 N–H and O–H groups in total. The fraction of sp³-hybridized carbons (Fsp3) is 0.143. The number of nitriles is 1. The summed E-state index contributed by atoms with van der Waals surface area (Å²) in [6.07, 6.45) is 3.77. The molecular weight excluding hydrogens is 624 g/mol. The molecule has 11 heteroatoms. The van der Waals surface area contributed by atoms with Crippen LogP contribution in [0.15, 0.2) is 90.6 Å². The van der Waals surface area contributed by atoms with E-state index in [1.165, 1.54) is 31.6 Å². The number of thiophene rings is 1. The molecular formula is C35H29ClN4O5S. The molecule has 0 aliphatic heterocycles. The molecule has 2 aromatic heterocycles. The molecule has 232 valence electrons. The fourth-order valence-corrected chi connectivity index (χ4v) is 6.06. The molecule has 0 bridgehead atoms. The highest BCUT2D eigenvalue weighted by molar-refractivity contribution is 7.16. The number of methoxy groups -OCH3 is 3. The molecule has 0 atom stereocenters. The van der Waals surface area contributed by atoms with Gasteiger partial charge in [0.15, 0.2) is 11.5 Å². The van der Waals surface area contributed by atoms with Crippen LogP contribution in [-0.4, -0.2) is 43.0 Å². The molecule has 0 aliphatic carbocycles. The number of carbonyl (C=O) groups is 2. The first-order valence-electron chi connectivity index (χ1n) is 14.0. The number of nitrogens with zero attached hydrogens (tertiary/aromatic N) is 3. The number of hydrogen-bond acceptors (Lipinski definition) is 8. The SMILES string of the molecule is COC(=O)c1cc(Cc2ccccc2)sc1NC(=O)C(C#N)=Cc1cn(Cc2ccccc2Cl)nc1-c1ccc(OC)c(OC)c1. The number of amides is 1. The normalized spacial score (nSPS) is 11.1. The van der Waals surface area contributed by atoms with Crippen LogP contribution in [0.3, 0.4) is 0 Å². The van der Waals surface area contributed by atoms with E-state index in [2.05, 4.69) is 5.32 Å². The maximum Gasteiger partial charge on any atom is 0.340 e. The standard InChI is InChI=1S/C35H29ClN4O5S/c1-43-30-14-13-23(17-31(30)44-2)32-26(21-40(39-32)20-24-11-7-8-12-29(24)36)16-25(19-37)33(41)38-34-28(35(42)45-3)18-27(46-34)15-22-9-5-4-6-10-22/h4-14,16-18,21H,15,20H2,1-3H3,(H,38,41). The largest absolute Gasteiger partial charge is 0.493 e. The summed E-state index contributed by atoms with van der Waals surface area (Å²) in [5, 5.41) is 18.5. The van der Waals surface area contributed by atoms with E-state index in [1.807, 2.05) is 60.7 Å². The Bertz CT molecular complexity index is 1960. The highest BCUT2D eigenvalue weighted by Crippen LogP contribution is 2.35. The third kappa shape index (κ3) is 7.29. The van der Waals surface area contributed by atoms with Crippen molar-refractivity contribution >= 4 is 45.9 Å². The van der Waals surface area contributed by atoms with Gasteiger partial charge in [0.25, 0.3) is 5.91 Å². The number of aromatic nitrogens is 2. The number of rotatable bonds is 11. The Morgan fingerprint density at radius 1 is 1.00 bits per heavy atom. The highest BCUT2D eigenvalue weighted by Gasteiger charge is 2.22. The molecule has 3 aromatic carbocycles. The Kier molecular flexibility index (Phi) is 10.2. The van der Waals surface area contributed by atoms with Crippen molar-refractivity contribution in [2.45, 2.75) is 13.0 Å². The third-order valence-corrected chi connectivity index (χ3v) is 8.46. The van der Waals surface area contributed by atoms with Gasteiger partial charge in [0, 0.05) is 33.6 Å². The number of anilines is 1. The lowest BCUT2D eigenvalue weighted by atomic mass is 10.1. The lowest BCUT2D eigenvalue weighted by Crippen LogP contribution is -2.15. The predicted octanol–water partition coefficient (Wildman–Crippen LogP) is 7.25. The second-order valence-corrected chi connectivity index (χ2v) is 11.6. The maximum atomic E-state index is 13.5. The van der Waals surface area contributed by atoms with Crippen molar-refractivity contribution in [1.82, 2.24) is 9.78 Å². The van der Waals surface area contributed by atoms with E-state index < -0.39 is 11.9 Å². The van der Waals surface area contributed by atoms with Crippen LogP contribution in [0.4, 0.5) is 5.00 Å². The number of benzene rings is 3. The van der Waals surface area contributed by atoms with E-state index in [0.29, 0.717) is 51.3 Å². The Labute approximate surface area is 275 Å². The van der Waals surface area contributed by atoms with Gasteiger partial charge < -0.3 is 19.5 Å². The molecule has 2 heterocycles. The summed E-state index contributed by atoms with van der Waals surface area (Å²) < 4.78 is 17.5. The molecule has 1 amide bonds. The van der Waals surface area contributed by atoms with Crippen molar-refractivity contribution in [3.05, 3.63) is 123 Å². The van der Waals surface area contributed by atoms with Gasteiger partial charge >= 0.3 is 5.97 Å². The van der Waals surface area contributed by atoms with Crippen molar-refractivity contribution < 1.29 is 23.8 Å². The first-order valence-corrected chi connectivity index (χ1v) is 15.2. The third-order valence-electron chi connectivity index (χ3n) is 7.04. The predicted molar refractivity (Wildman–Crippen MR) is 178 cm³/mol. The van der Waals surface area contributed by atoms with E-state index in [0.717, 1.165) is 16.0 Å². The van der Waals surface area contributed by atoms with Crippen molar-refractivity contribution in [1.29, 1.82) is 5.26 Å². The summed E-state index contributed by atoms with van der Waals surface area (Å²) in [4.78, 5) is 27.0. The van der Waals surface area contributed by atoms with Crippen LogP contribution in [-0.2, 0) is 22.5 Å². The van der Waals surface area contributed by atoms with Gasteiger partial charge in [0.1, 0.15) is 16.6 Å². The van der Waals surface area contributed by atoms with Gasteiger partial charge in [-0.3, -0.25) is 9.48 Å². The molecule has 0 radical (unpaired) electrons. The van der Waals surface area contributed by atoms with E-state index in [4.69, 9.17) is 30.9 Å². The van der Waals surface area contributed by atoms with Gasteiger partial charge in [0.2, 0.25) is 0 Å². The van der Waals surface area contributed by atoms with E-state index in [-0.39, 0.29) is 11.1 Å². The Morgan fingerprint density at radius 2 is 1.74 bits per heavy atom. The van der Waals surface area contributed by atoms with Gasteiger partial charge in [-0.1, -0.05) is 60.1 Å². The molecule has 5 aromatic rings. The minimum Gasteiger partial charge on any atom is -0.493 e. The Balaban J connectivity index is 1.51. The number of esters is 1. The van der Waals surface area contributed by atoms with Crippen LogP contribution in [0.1, 0.15) is 31.9 Å². The average molecular weight is 653 g/mol. The number of halogens is 1. The van der Waals surface area contributed by atoms with Crippen LogP contribution >= 0.6 is 22.9 Å². The molecule has 0 aliphatic rings. The monoisotopic (exact) mass is 652 g/mol. The zero-order valence-electron chi connectivity index (χ0n) is 25.2. The zero-order chi connectivity index (χ0) is 32.6. The van der Waals surface area contributed by atoms with Gasteiger partial charge in [-0.2, -0.15) is 10.4 Å². The van der Waals surface area contributed by atoms with Crippen molar-refractivity contribution in [3.63, 3.8) is 0 Å². The van der Waals surface area contributed by atoms with E-state index in [1.54, 1.807) is 42.3 Å². The van der Waals surface area contributed by atoms with Gasteiger partial charge in [-0.25, -0.2) is 4.79 Å². The maximum absolute atomic E-state index is 13.5. The van der Waals surface area contributed by atoms with Crippen molar-refractivity contribution in [2.24, 2.45) is 0 Å². The molecule has 0 saturated heterocycles. The number of carbonyl (C=O) groups excluding carboxylic acids is 2. The van der Waals surface area contributed by atoms with E-state index >= 15 is 0 Å². The van der Waals surface area contributed by atoms with Crippen LogP contribution in [0.5, 0.6) is 11.5 Å². The summed E-state index contributed by atoms with van der Waals surface area (Å²) in [5.74, 6) is -0.240. The topological polar surface area (TPSA) is 115 Å². The first-order chi connectivity index (χ1) is 22.3. The first kappa shape index (κ1) is 32.0. The minimum atomic E-state index is -0.683. The van der Waals surface area contributed by atoms with E-state index in [9.17, 15) is 14.9 Å². The van der Waals surface area contributed by atoms with Crippen LogP contribution < -0.4 is 14.8 Å². The highest BCUT2D eigenvalue weighted by atomic mass is 35.5. The van der Waals surface area contributed by atoms with Crippen molar-refractivity contribution in [3.8, 4) is 28.8 Å². The molecule has 46 heavy (non-hydrogen) atoms. The summed E-state index contributed by atoms with van der Waals surface area (Å²) in [6, 6.07) is 26.2. The van der Waals surface area contributed by atoms with Crippen LogP contribution in [0.2, 0.25) is 5.02 Å². The zero-order valence-corrected chi connectivity index (χ0v) is 26.8. The second kappa shape index (κ2) is 14.6. The lowest BCUT2D eigenvalue weighted by Gasteiger charge is -2.09. The Hall–Kier alpha value is -5.37. The molecule has 0 unspecified atom stereocenters. The minimum absolute atomic E-state index is 0.187. The lowest BCUT2D eigenvalue weighted by molar-refractivity contribution is -0.112. The summed E-state index contributed by atoms with van der Waals surface area (Å²) in [6.45, 7) is 0.351. The van der Waals surface area contributed by atoms with Crippen molar-refractivity contribution in [2.75, 3.05) is 26.6 Å². The average Bonchev–Trinajstić information content (AvgIpc) is 3.67.